The smallest absolute Gasteiger partial charge is 0.410 e. The normalized spacial score (nSPS) is 38.3. The molecule has 0 aromatic rings. The van der Waals surface area contributed by atoms with Crippen LogP contribution in [0.25, 0.3) is 10.4 Å². The van der Waals surface area contributed by atoms with Crippen molar-refractivity contribution in [2.75, 3.05) is 40.8 Å². The fourth-order valence-electron chi connectivity index (χ4n) is 7.69. The third-order valence-electron chi connectivity index (χ3n) is 10.3. The molecule has 0 aromatic heterocycles. The van der Waals surface area contributed by atoms with E-state index in [1.54, 1.807) is 18.9 Å². The second-order valence-electron chi connectivity index (χ2n) is 14.5. The van der Waals surface area contributed by atoms with Crippen LogP contribution in [0, 0.1) is 5.92 Å². The summed E-state index contributed by atoms with van der Waals surface area (Å²) in [6.07, 6.45) is -1.20. The number of esters is 1. The Balaban J connectivity index is 1.95. The van der Waals surface area contributed by atoms with Gasteiger partial charge >= 0.3 is 12.1 Å². The Hall–Kier alpha value is -2.38. The zero-order valence-electron chi connectivity index (χ0n) is 30.6. The molecular weight excluding hydrogens is 655 g/mol. The number of hydrogen-bond donors (Lipinski definition) is 1. The highest BCUT2D eigenvalue weighted by Gasteiger charge is 2.58. The quantitative estimate of drug-likeness (QED) is 0.0588. The fourth-order valence-corrected chi connectivity index (χ4v) is 8.46. The first-order valence-corrected chi connectivity index (χ1v) is 18.3. The number of rotatable bonds is 11. The maximum Gasteiger partial charge on any atom is 0.410 e. The zero-order valence-corrected chi connectivity index (χ0v) is 31.5. The van der Waals surface area contributed by atoms with Crippen LogP contribution < -0.4 is 5.32 Å². The van der Waals surface area contributed by atoms with Gasteiger partial charge in [-0.05, 0) is 91.9 Å². The average molecular weight is 713 g/mol. The Kier molecular flexibility index (Phi) is 15.3. The minimum Gasteiger partial charge on any atom is -0.458 e. The molecular formula is C33H57N6O9P. The van der Waals surface area contributed by atoms with Gasteiger partial charge in [-0.15, -0.1) is 0 Å². The number of nitrogens with zero attached hydrogens (tertiary/aromatic N) is 5. The highest BCUT2D eigenvalue weighted by Crippen LogP contribution is 2.39. The van der Waals surface area contributed by atoms with Gasteiger partial charge in [0.1, 0.15) is 24.0 Å². The van der Waals surface area contributed by atoms with E-state index in [4.69, 9.17) is 29.2 Å². The first-order valence-electron chi connectivity index (χ1n) is 17.4. The van der Waals surface area contributed by atoms with Crippen molar-refractivity contribution in [1.29, 1.82) is 0 Å². The lowest BCUT2D eigenvalue weighted by Crippen LogP contribution is -2.60. The molecule has 11 atom stereocenters. The fraction of sp³-hybridized carbons (Fsp3) is 0.909. The molecule has 15 nitrogen and oxygen atoms in total. The second-order valence-corrected chi connectivity index (χ2v) is 15.3. The molecule has 1 amide bonds. The van der Waals surface area contributed by atoms with Gasteiger partial charge in [0.15, 0.2) is 20.4 Å². The van der Waals surface area contributed by atoms with Crippen molar-refractivity contribution in [3.05, 3.63) is 10.4 Å². The second kappa shape index (κ2) is 18.2. The topological polar surface area (TPSA) is 182 Å². The van der Waals surface area contributed by atoms with Gasteiger partial charge in [-0.25, -0.2) is 4.79 Å². The van der Waals surface area contributed by atoms with Crippen molar-refractivity contribution < 1.29 is 42.6 Å². The van der Waals surface area contributed by atoms with E-state index in [2.05, 4.69) is 22.3 Å². The number of azide groups is 1. The molecule has 0 radical (unpaired) electrons. The maximum atomic E-state index is 13.6. The molecule has 0 spiro atoms. The van der Waals surface area contributed by atoms with E-state index in [0.717, 1.165) is 0 Å². The summed E-state index contributed by atoms with van der Waals surface area (Å²) in [7, 11) is 5.29. The molecule has 3 fully saturated rings. The number of cyclic esters (lactones) is 1. The standard InChI is InChI=1S/C33H57N6O9P/c1-10-25-33(6)29(39(31(42)48-33)14-12-11-13-36-37-34)22(4)35-19-20(2)18-32(5,44-9)26(16-23(40)17-27(41)46-25)47-30-28(49-43)24(38(7)8)15-21(3)45-30/h20-22,24-26,28-30,35H,10-19H2,1-9H3/t20-,21?,22-,24?,25-,26-,28?,29-,30+,32-,33-/m1/s1. The Morgan fingerprint density at radius 2 is 1.90 bits per heavy atom. The Morgan fingerprint density at radius 1 is 1.18 bits per heavy atom. The van der Waals surface area contributed by atoms with Crippen LogP contribution in [0.1, 0.15) is 86.5 Å². The van der Waals surface area contributed by atoms with Crippen molar-refractivity contribution >= 4 is 26.3 Å². The molecule has 3 heterocycles. The molecule has 1 N–H and O–H groups in total. The van der Waals surface area contributed by atoms with Gasteiger partial charge in [0, 0.05) is 43.6 Å². The number of methoxy groups -OCH3 is 1. The highest BCUT2D eigenvalue weighted by molar-refractivity contribution is 7.24. The first-order chi connectivity index (χ1) is 23.1. The van der Waals surface area contributed by atoms with Gasteiger partial charge in [0.05, 0.1) is 23.9 Å². The molecule has 0 aliphatic carbocycles. The number of fused-ring (bicyclic) bond motifs is 1. The molecule has 3 rings (SSSR count). The summed E-state index contributed by atoms with van der Waals surface area (Å²) < 4.78 is 43.3. The Bertz CT molecular complexity index is 1210. The number of hydrogen-bond acceptors (Lipinski definition) is 12. The molecule has 3 aliphatic heterocycles. The molecule has 16 heteroatoms. The number of unbranched alkanes of at least 4 members (excludes halogenated alkanes) is 1. The molecule has 3 saturated heterocycles. The summed E-state index contributed by atoms with van der Waals surface area (Å²) in [5, 5.41) is 7.20. The molecule has 3 unspecified atom stereocenters. The van der Waals surface area contributed by atoms with Crippen LogP contribution in [0.2, 0.25) is 0 Å². The highest BCUT2D eigenvalue weighted by atomic mass is 31.1. The number of ketones is 1. The predicted molar refractivity (Wildman–Crippen MR) is 182 cm³/mol. The molecule has 0 saturated carbocycles. The predicted octanol–water partition coefficient (Wildman–Crippen LogP) is 4.86. The van der Waals surface area contributed by atoms with E-state index in [1.165, 1.54) is 0 Å². The SMILES string of the molecule is CC[C@H]1OC(=O)CC(=O)C[C@@H](O[C@@H]2OC(C)CC(N(C)C)C2P=O)[C@](C)(OC)C[C@@H](C)CN[C@H](C)[C@H]2N(CCCCN=[N+]=[N-])C(=O)O[C@]12C. The van der Waals surface area contributed by atoms with Crippen LogP contribution in [-0.2, 0) is 37.8 Å². The number of amides is 1. The van der Waals surface area contributed by atoms with E-state index in [1.807, 2.05) is 46.7 Å². The van der Waals surface area contributed by atoms with Gasteiger partial charge in [-0.1, -0.05) is 19.0 Å². The largest absolute Gasteiger partial charge is 0.458 e. The summed E-state index contributed by atoms with van der Waals surface area (Å²) in [6, 6.07) is -0.868. The van der Waals surface area contributed by atoms with Crippen LogP contribution in [0.5, 0.6) is 0 Å². The summed E-state index contributed by atoms with van der Waals surface area (Å²) in [4.78, 5) is 46.8. The Morgan fingerprint density at radius 3 is 2.51 bits per heavy atom. The lowest BCUT2D eigenvalue weighted by molar-refractivity contribution is -0.252. The van der Waals surface area contributed by atoms with E-state index in [9.17, 15) is 18.9 Å². The molecule has 278 valence electrons. The summed E-state index contributed by atoms with van der Waals surface area (Å²) in [6.45, 7) is 12.7. The molecule has 3 aliphatic rings. The number of carbonyl (C=O) groups excluding carboxylic acids is 3. The van der Waals surface area contributed by atoms with Gasteiger partial charge in [-0.3, -0.25) is 19.1 Å². The zero-order chi connectivity index (χ0) is 36.5. The van der Waals surface area contributed by atoms with Gasteiger partial charge in [0.2, 0.25) is 0 Å². The van der Waals surface area contributed by atoms with E-state index >= 15 is 0 Å². The van der Waals surface area contributed by atoms with Crippen LogP contribution in [0.3, 0.4) is 0 Å². The summed E-state index contributed by atoms with van der Waals surface area (Å²) in [5.74, 6) is -1.12. The van der Waals surface area contributed by atoms with Gasteiger partial charge in [0.25, 0.3) is 0 Å². The maximum absolute atomic E-state index is 13.6. The molecule has 49 heavy (non-hydrogen) atoms. The van der Waals surface area contributed by atoms with E-state index in [-0.39, 0.29) is 39.0 Å². The third kappa shape index (κ3) is 10.1. The summed E-state index contributed by atoms with van der Waals surface area (Å²) in [5.41, 5.74) is 5.93. The third-order valence-corrected chi connectivity index (χ3v) is 11.2. The van der Waals surface area contributed by atoms with Crippen LogP contribution in [-0.4, -0.2) is 128 Å². The lowest BCUT2D eigenvalue weighted by atomic mass is 9.83. The summed E-state index contributed by atoms with van der Waals surface area (Å²) >= 11 is 0. The van der Waals surface area contributed by atoms with Gasteiger partial charge in [-0.2, -0.15) is 0 Å². The van der Waals surface area contributed by atoms with Crippen LogP contribution in [0.15, 0.2) is 5.11 Å². The number of nitrogens with one attached hydrogen (secondary N) is 1. The van der Waals surface area contributed by atoms with Crippen molar-refractivity contribution in [1.82, 2.24) is 15.1 Å². The number of Topliss-reactive ketones (excluding diaryl/α,β-unsaturated/α-hetero) is 1. The minimum atomic E-state index is -1.21. The number of ether oxygens (including phenoxy) is 5. The lowest BCUT2D eigenvalue weighted by Gasteiger charge is -2.45. The van der Waals surface area contributed by atoms with Gasteiger partial charge < -0.3 is 33.9 Å². The van der Waals surface area contributed by atoms with Crippen molar-refractivity contribution in [2.24, 2.45) is 11.0 Å². The first kappa shape index (κ1) is 41.0. The monoisotopic (exact) mass is 712 g/mol. The van der Waals surface area contributed by atoms with Crippen LogP contribution >= 0.6 is 8.46 Å². The van der Waals surface area contributed by atoms with Crippen LogP contribution in [0.4, 0.5) is 4.79 Å². The molecule has 0 bridgehead atoms. The molecule has 0 aromatic carbocycles. The van der Waals surface area contributed by atoms with Crippen molar-refractivity contribution in [2.45, 2.75) is 146 Å². The van der Waals surface area contributed by atoms with Crippen molar-refractivity contribution in [3.63, 3.8) is 0 Å². The van der Waals surface area contributed by atoms with Crippen molar-refractivity contribution in [3.8, 4) is 0 Å². The van der Waals surface area contributed by atoms with E-state index in [0.29, 0.717) is 51.7 Å². The number of carbonyl (C=O) groups is 3. The average Bonchev–Trinajstić information content (AvgIpc) is 3.30. The Labute approximate surface area is 292 Å². The van der Waals surface area contributed by atoms with E-state index < -0.39 is 65.7 Å². The minimum absolute atomic E-state index is 0.00862.